The summed E-state index contributed by atoms with van der Waals surface area (Å²) in [6, 6.07) is 5.50. The molecule has 0 radical (unpaired) electrons. The summed E-state index contributed by atoms with van der Waals surface area (Å²) in [6.07, 6.45) is 2.22. The lowest BCUT2D eigenvalue weighted by molar-refractivity contribution is 0.0955. The Balaban J connectivity index is 1.54. The number of aromatic nitrogens is 2. The fraction of sp³-hybridized carbons (Fsp3) is 0.529. The molecule has 0 bridgehead atoms. The molecule has 1 saturated heterocycles. The van der Waals surface area contributed by atoms with Gasteiger partial charge < -0.3 is 14.8 Å². The first-order valence-corrected chi connectivity index (χ1v) is 9.22. The van der Waals surface area contributed by atoms with E-state index in [0.29, 0.717) is 23.2 Å². The lowest BCUT2D eigenvalue weighted by Crippen LogP contribution is -2.27. The Bertz CT molecular complexity index is 710. The molecule has 24 heavy (non-hydrogen) atoms. The summed E-state index contributed by atoms with van der Waals surface area (Å²) in [7, 11) is 3.44. The molecule has 2 aromatic rings. The monoisotopic (exact) mass is 349 g/mol. The summed E-state index contributed by atoms with van der Waals surface area (Å²) >= 11 is 1.92. The van der Waals surface area contributed by atoms with Crippen molar-refractivity contribution in [3.05, 3.63) is 23.8 Å². The maximum Gasteiger partial charge on any atom is 0.251 e. The molecule has 1 fully saturated rings. The van der Waals surface area contributed by atoms with E-state index in [1.165, 1.54) is 0 Å². The standard InChI is InChI=1S/C17H23N3O3S/c1-20-17(22-2)14-4-3-12(11-15(14)19-20)16(21)18-7-10-24-13-5-8-23-9-6-13/h3-4,11,13H,5-10H2,1-2H3,(H,18,21). The van der Waals surface area contributed by atoms with Crippen LogP contribution in [-0.4, -0.2) is 53.6 Å². The van der Waals surface area contributed by atoms with Crippen LogP contribution < -0.4 is 10.1 Å². The number of aryl methyl sites for hydroxylation is 1. The summed E-state index contributed by atoms with van der Waals surface area (Å²) in [6.45, 7) is 2.39. The minimum Gasteiger partial charge on any atom is -0.481 e. The van der Waals surface area contributed by atoms with Gasteiger partial charge in [-0.1, -0.05) is 0 Å². The summed E-state index contributed by atoms with van der Waals surface area (Å²) in [5, 5.41) is 8.93. The van der Waals surface area contributed by atoms with E-state index < -0.39 is 0 Å². The van der Waals surface area contributed by atoms with Crippen molar-refractivity contribution in [3.8, 4) is 5.88 Å². The third kappa shape index (κ3) is 3.84. The number of amides is 1. The van der Waals surface area contributed by atoms with Crippen LogP contribution in [0.4, 0.5) is 0 Å². The number of hydrogen-bond acceptors (Lipinski definition) is 5. The van der Waals surface area contributed by atoms with Crippen LogP contribution >= 0.6 is 11.8 Å². The van der Waals surface area contributed by atoms with Gasteiger partial charge in [0.15, 0.2) is 0 Å². The van der Waals surface area contributed by atoms with Gasteiger partial charge in [0.1, 0.15) is 0 Å². The molecular weight excluding hydrogens is 326 g/mol. The highest BCUT2D eigenvalue weighted by atomic mass is 32.2. The molecule has 0 aliphatic carbocycles. The van der Waals surface area contributed by atoms with Crippen molar-refractivity contribution in [2.45, 2.75) is 18.1 Å². The number of carbonyl (C=O) groups is 1. The molecule has 7 heteroatoms. The average molecular weight is 349 g/mol. The lowest BCUT2D eigenvalue weighted by Gasteiger charge is -2.21. The van der Waals surface area contributed by atoms with Crippen molar-refractivity contribution in [2.24, 2.45) is 7.05 Å². The molecule has 130 valence electrons. The first kappa shape index (κ1) is 17.1. The highest BCUT2D eigenvalue weighted by molar-refractivity contribution is 7.99. The van der Waals surface area contributed by atoms with Gasteiger partial charge in [0.2, 0.25) is 5.88 Å². The van der Waals surface area contributed by atoms with Crippen LogP contribution in [0.25, 0.3) is 10.9 Å². The topological polar surface area (TPSA) is 65.4 Å². The van der Waals surface area contributed by atoms with Crippen LogP contribution in [0.5, 0.6) is 5.88 Å². The predicted octanol–water partition coefficient (Wildman–Crippen LogP) is 2.22. The molecule has 1 aliphatic rings. The molecule has 0 unspecified atom stereocenters. The number of nitrogens with zero attached hydrogens (tertiary/aromatic N) is 2. The number of methoxy groups -OCH3 is 1. The van der Waals surface area contributed by atoms with Gasteiger partial charge in [-0.25, -0.2) is 4.68 Å². The normalized spacial score (nSPS) is 15.6. The molecule has 0 spiro atoms. The second-order valence-corrected chi connectivity index (χ2v) is 7.21. The molecule has 1 aromatic carbocycles. The molecule has 3 rings (SSSR count). The number of rotatable bonds is 6. The van der Waals surface area contributed by atoms with E-state index in [2.05, 4.69) is 10.4 Å². The van der Waals surface area contributed by atoms with Gasteiger partial charge in [0.25, 0.3) is 5.91 Å². The largest absolute Gasteiger partial charge is 0.481 e. The van der Waals surface area contributed by atoms with Crippen molar-refractivity contribution < 1.29 is 14.3 Å². The molecule has 0 saturated carbocycles. The Labute approximate surface area is 145 Å². The van der Waals surface area contributed by atoms with Gasteiger partial charge in [-0.15, -0.1) is 0 Å². The number of carbonyl (C=O) groups excluding carboxylic acids is 1. The smallest absolute Gasteiger partial charge is 0.251 e. The lowest BCUT2D eigenvalue weighted by atomic mass is 10.1. The van der Waals surface area contributed by atoms with E-state index in [-0.39, 0.29) is 5.91 Å². The van der Waals surface area contributed by atoms with Gasteiger partial charge in [-0.3, -0.25) is 4.79 Å². The summed E-state index contributed by atoms with van der Waals surface area (Å²) < 4.78 is 12.4. The second kappa shape index (κ2) is 7.90. The average Bonchev–Trinajstić information content (AvgIpc) is 2.93. The number of benzene rings is 1. The van der Waals surface area contributed by atoms with Gasteiger partial charge in [0.05, 0.1) is 18.0 Å². The van der Waals surface area contributed by atoms with E-state index in [1.807, 2.05) is 30.9 Å². The molecule has 1 aliphatic heterocycles. The SMILES string of the molecule is COc1c2ccc(C(=O)NCCSC3CCOCC3)cc2nn1C. The Morgan fingerprint density at radius 3 is 3.00 bits per heavy atom. The molecule has 0 atom stereocenters. The first-order valence-electron chi connectivity index (χ1n) is 8.17. The third-order valence-electron chi connectivity index (χ3n) is 4.14. The van der Waals surface area contributed by atoms with Crippen molar-refractivity contribution in [1.29, 1.82) is 0 Å². The zero-order valence-corrected chi connectivity index (χ0v) is 14.9. The predicted molar refractivity (Wildman–Crippen MR) is 95.9 cm³/mol. The second-order valence-electron chi connectivity index (χ2n) is 5.80. The van der Waals surface area contributed by atoms with E-state index in [1.54, 1.807) is 17.9 Å². The van der Waals surface area contributed by atoms with Gasteiger partial charge in [0, 0.05) is 43.4 Å². The number of fused-ring (bicyclic) bond motifs is 1. The Kier molecular flexibility index (Phi) is 5.63. The van der Waals surface area contributed by atoms with Crippen LogP contribution in [0, 0.1) is 0 Å². The maximum absolute atomic E-state index is 12.3. The quantitative estimate of drug-likeness (QED) is 0.810. The summed E-state index contributed by atoms with van der Waals surface area (Å²) in [5.41, 5.74) is 1.39. The summed E-state index contributed by atoms with van der Waals surface area (Å²) in [5.74, 6) is 1.56. The highest BCUT2D eigenvalue weighted by Gasteiger charge is 2.15. The van der Waals surface area contributed by atoms with Gasteiger partial charge in [-0.05, 0) is 31.0 Å². The van der Waals surface area contributed by atoms with Crippen LogP contribution in [0.1, 0.15) is 23.2 Å². The highest BCUT2D eigenvalue weighted by Crippen LogP contribution is 2.25. The number of thioether (sulfide) groups is 1. The minimum atomic E-state index is -0.0610. The van der Waals surface area contributed by atoms with Crippen molar-refractivity contribution >= 4 is 28.6 Å². The van der Waals surface area contributed by atoms with E-state index in [0.717, 1.165) is 42.7 Å². The zero-order chi connectivity index (χ0) is 16.9. The summed E-state index contributed by atoms with van der Waals surface area (Å²) in [4.78, 5) is 12.3. The van der Waals surface area contributed by atoms with E-state index in [9.17, 15) is 4.79 Å². The van der Waals surface area contributed by atoms with Crippen LogP contribution in [-0.2, 0) is 11.8 Å². The fourth-order valence-corrected chi connectivity index (χ4v) is 3.97. The van der Waals surface area contributed by atoms with Crippen molar-refractivity contribution in [3.63, 3.8) is 0 Å². The van der Waals surface area contributed by atoms with E-state index in [4.69, 9.17) is 9.47 Å². The van der Waals surface area contributed by atoms with E-state index >= 15 is 0 Å². The molecule has 1 amide bonds. The Morgan fingerprint density at radius 1 is 1.46 bits per heavy atom. The Hall–Kier alpha value is -1.73. The number of ether oxygens (including phenoxy) is 2. The van der Waals surface area contributed by atoms with Gasteiger partial charge >= 0.3 is 0 Å². The molecule has 1 N–H and O–H groups in total. The number of hydrogen-bond donors (Lipinski definition) is 1. The van der Waals surface area contributed by atoms with Crippen LogP contribution in [0.3, 0.4) is 0 Å². The molecule has 6 nitrogen and oxygen atoms in total. The number of nitrogens with one attached hydrogen (secondary N) is 1. The van der Waals surface area contributed by atoms with Crippen molar-refractivity contribution in [2.75, 3.05) is 32.6 Å². The zero-order valence-electron chi connectivity index (χ0n) is 14.1. The van der Waals surface area contributed by atoms with Crippen LogP contribution in [0.15, 0.2) is 18.2 Å². The molecular formula is C17H23N3O3S. The minimum absolute atomic E-state index is 0.0610. The van der Waals surface area contributed by atoms with Crippen LogP contribution in [0.2, 0.25) is 0 Å². The molecule has 2 heterocycles. The Morgan fingerprint density at radius 2 is 2.25 bits per heavy atom. The first-order chi connectivity index (χ1) is 11.7. The van der Waals surface area contributed by atoms with Gasteiger partial charge in [-0.2, -0.15) is 16.9 Å². The third-order valence-corrected chi connectivity index (χ3v) is 5.53. The molecule has 1 aromatic heterocycles. The fourth-order valence-electron chi connectivity index (χ4n) is 2.89. The maximum atomic E-state index is 12.3. The van der Waals surface area contributed by atoms with Crippen molar-refractivity contribution in [1.82, 2.24) is 15.1 Å².